The summed E-state index contributed by atoms with van der Waals surface area (Å²) in [6.45, 7) is 4.34. The average molecular weight is 243 g/mol. The highest BCUT2D eigenvalue weighted by Gasteiger charge is 2.22. The SMILES string of the molecule is CC(C)c1ccc(CC(=O)C2C=CC(N)C2)cc1. The van der Waals surface area contributed by atoms with Crippen LogP contribution in [0.15, 0.2) is 36.4 Å². The van der Waals surface area contributed by atoms with Crippen molar-refractivity contribution in [3.63, 3.8) is 0 Å². The maximum absolute atomic E-state index is 12.1. The van der Waals surface area contributed by atoms with Crippen molar-refractivity contribution in [1.82, 2.24) is 0 Å². The van der Waals surface area contributed by atoms with Gasteiger partial charge in [-0.1, -0.05) is 50.3 Å². The summed E-state index contributed by atoms with van der Waals surface area (Å²) in [4.78, 5) is 12.1. The molecule has 1 aromatic rings. The third-order valence-electron chi connectivity index (χ3n) is 3.56. The van der Waals surface area contributed by atoms with E-state index in [4.69, 9.17) is 5.73 Å². The molecule has 2 unspecified atom stereocenters. The first-order chi connectivity index (χ1) is 8.56. The topological polar surface area (TPSA) is 43.1 Å². The Hall–Kier alpha value is -1.41. The second-order valence-electron chi connectivity index (χ2n) is 5.43. The molecular formula is C16H21NO. The summed E-state index contributed by atoms with van der Waals surface area (Å²) in [5.74, 6) is 0.826. The monoisotopic (exact) mass is 243 g/mol. The van der Waals surface area contributed by atoms with E-state index in [-0.39, 0.29) is 17.7 Å². The van der Waals surface area contributed by atoms with E-state index in [0.717, 1.165) is 12.0 Å². The number of carbonyl (C=O) groups is 1. The Bertz CT molecular complexity index is 445. The van der Waals surface area contributed by atoms with E-state index < -0.39 is 0 Å². The molecule has 0 heterocycles. The van der Waals surface area contributed by atoms with Crippen LogP contribution in [0.3, 0.4) is 0 Å². The van der Waals surface area contributed by atoms with Crippen LogP contribution in [0.1, 0.15) is 37.3 Å². The summed E-state index contributed by atoms with van der Waals surface area (Å²) in [7, 11) is 0. The molecule has 2 atom stereocenters. The molecule has 0 saturated carbocycles. The minimum absolute atomic E-state index is 0.0183. The average Bonchev–Trinajstić information content (AvgIpc) is 2.76. The first kappa shape index (κ1) is 13.0. The van der Waals surface area contributed by atoms with E-state index in [1.807, 2.05) is 12.2 Å². The highest BCUT2D eigenvalue weighted by Crippen LogP contribution is 2.20. The number of hydrogen-bond acceptors (Lipinski definition) is 2. The number of rotatable bonds is 4. The second kappa shape index (κ2) is 5.49. The van der Waals surface area contributed by atoms with Crippen LogP contribution < -0.4 is 5.73 Å². The van der Waals surface area contributed by atoms with Gasteiger partial charge >= 0.3 is 0 Å². The Balaban J connectivity index is 1.97. The molecule has 18 heavy (non-hydrogen) atoms. The Labute approximate surface area is 109 Å². The molecule has 1 aromatic carbocycles. The molecule has 1 aliphatic rings. The first-order valence-corrected chi connectivity index (χ1v) is 6.61. The minimum Gasteiger partial charge on any atom is -0.324 e. The fourth-order valence-corrected chi connectivity index (χ4v) is 2.32. The molecule has 1 aliphatic carbocycles. The van der Waals surface area contributed by atoms with E-state index >= 15 is 0 Å². The van der Waals surface area contributed by atoms with Crippen LogP contribution in [0, 0.1) is 5.92 Å². The van der Waals surface area contributed by atoms with Gasteiger partial charge in [0.15, 0.2) is 0 Å². The number of nitrogens with two attached hydrogens (primary N) is 1. The molecule has 0 fully saturated rings. The summed E-state index contributed by atoms with van der Waals surface area (Å²) in [6.07, 6.45) is 5.17. The standard InChI is InChI=1S/C16H21NO/c1-11(2)13-5-3-12(4-6-13)9-16(18)14-7-8-15(17)10-14/h3-8,11,14-15H,9-10,17H2,1-2H3. The molecule has 0 saturated heterocycles. The predicted molar refractivity (Wildman–Crippen MR) is 74.5 cm³/mol. The Kier molecular flexibility index (Phi) is 3.97. The van der Waals surface area contributed by atoms with Crippen molar-refractivity contribution >= 4 is 5.78 Å². The van der Waals surface area contributed by atoms with Crippen molar-refractivity contribution in [3.8, 4) is 0 Å². The van der Waals surface area contributed by atoms with Crippen LogP contribution >= 0.6 is 0 Å². The molecule has 0 aromatic heterocycles. The van der Waals surface area contributed by atoms with Gasteiger partial charge in [0.25, 0.3) is 0 Å². The van der Waals surface area contributed by atoms with E-state index in [0.29, 0.717) is 12.3 Å². The smallest absolute Gasteiger partial charge is 0.144 e. The van der Waals surface area contributed by atoms with Crippen LogP contribution in [0.5, 0.6) is 0 Å². The lowest BCUT2D eigenvalue weighted by atomic mass is 9.95. The molecule has 2 nitrogen and oxygen atoms in total. The van der Waals surface area contributed by atoms with Gasteiger partial charge in [-0.05, 0) is 23.5 Å². The molecule has 0 spiro atoms. The number of ketones is 1. The van der Waals surface area contributed by atoms with E-state index in [1.165, 1.54) is 5.56 Å². The number of hydrogen-bond donors (Lipinski definition) is 1. The maximum atomic E-state index is 12.1. The van der Waals surface area contributed by atoms with Crippen LogP contribution in [0.25, 0.3) is 0 Å². The largest absolute Gasteiger partial charge is 0.324 e. The van der Waals surface area contributed by atoms with Crippen molar-refractivity contribution in [3.05, 3.63) is 47.5 Å². The second-order valence-corrected chi connectivity index (χ2v) is 5.43. The Morgan fingerprint density at radius 1 is 1.28 bits per heavy atom. The molecule has 96 valence electrons. The molecule has 2 heteroatoms. The van der Waals surface area contributed by atoms with Crippen molar-refractivity contribution in [2.75, 3.05) is 0 Å². The highest BCUT2D eigenvalue weighted by atomic mass is 16.1. The van der Waals surface area contributed by atoms with Gasteiger partial charge in [0.2, 0.25) is 0 Å². The summed E-state index contributed by atoms with van der Waals surface area (Å²) >= 11 is 0. The van der Waals surface area contributed by atoms with Gasteiger partial charge in [0.1, 0.15) is 5.78 Å². The molecule has 0 bridgehead atoms. The van der Waals surface area contributed by atoms with Gasteiger partial charge in [-0.15, -0.1) is 0 Å². The highest BCUT2D eigenvalue weighted by molar-refractivity contribution is 5.85. The fraction of sp³-hybridized carbons (Fsp3) is 0.438. The first-order valence-electron chi connectivity index (χ1n) is 6.61. The van der Waals surface area contributed by atoms with Gasteiger partial charge in [-0.2, -0.15) is 0 Å². The lowest BCUT2D eigenvalue weighted by Crippen LogP contribution is -2.20. The van der Waals surface area contributed by atoms with Gasteiger partial charge < -0.3 is 5.73 Å². The van der Waals surface area contributed by atoms with Crippen molar-refractivity contribution in [2.45, 2.75) is 38.6 Å². The normalized spacial score (nSPS) is 22.7. The van der Waals surface area contributed by atoms with E-state index in [1.54, 1.807) is 0 Å². The minimum atomic E-state index is 0.0183. The van der Waals surface area contributed by atoms with Gasteiger partial charge in [-0.25, -0.2) is 0 Å². The van der Waals surface area contributed by atoms with Gasteiger partial charge in [-0.3, -0.25) is 4.79 Å². The van der Waals surface area contributed by atoms with E-state index in [9.17, 15) is 4.79 Å². The molecular weight excluding hydrogens is 222 g/mol. The lowest BCUT2D eigenvalue weighted by molar-refractivity contribution is -0.120. The quantitative estimate of drug-likeness (QED) is 0.826. The Morgan fingerprint density at radius 3 is 2.44 bits per heavy atom. The van der Waals surface area contributed by atoms with Gasteiger partial charge in [0, 0.05) is 18.4 Å². The lowest BCUT2D eigenvalue weighted by Gasteiger charge is -2.09. The molecule has 2 N–H and O–H groups in total. The van der Waals surface area contributed by atoms with Crippen molar-refractivity contribution < 1.29 is 4.79 Å². The predicted octanol–water partition coefficient (Wildman–Crippen LogP) is 2.83. The van der Waals surface area contributed by atoms with Crippen LogP contribution in [-0.4, -0.2) is 11.8 Å². The Morgan fingerprint density at radius 2 is 1.94 bits per heavy atom. The summed E-state index contributed by atoms with van der Waals surface area (Å²) in [6, 6.07) is 8.41. The van der Waals surface area contributed by atoms with Crippen molar-refractivity contribution in [2.24, 2.45) is 11.7 Å². The third-order valence-corrected chi connectivity index (χ3v) is 3.56. The van der Waals surface area contributed by atoms with Crippen LogP contribution in [-0.2, 0) is 11.2 Å². The third kappa shape index (κ3) is 3.08. The summed E-state index contributed by atoms with van der Waals surface area (Å²) in [5.41, 5.74) is 8.18. The number of allylic oxidation sites excluding steroid dienone is 1. The van der Waals surface area contributed by atoms with Gasteiger partial charge in [0.05, 0.1) is 0 Å². The zero-order valence-corrected chi connectivity index (χ0v) is 11.1. The molecule has 0 radical (unpaired) electrons. The summed E-state index contributed by atoms with van der Waals surface area (Å²) < 4.78 is 0. The zero-order valence-electron chi connectivity index (χ0n) is 11.1. The van der Waals surface area contributed by atoms with Crippen LogP contribution in [0.4, 0.5) is 0 Å². The number of carbonyl (C=O) groups excluding carboxylic acids is 1. The van der Waals surface area contributed by atoms with Crippen molar-refractivity contribution in [1.29, 1.82) is 0 Å². The van der Waals surface area contributed by atoms with E-state index in [2.05, 4.69) is 38.1 Å². The van der Waals surface area contributed by atoms with Crippen LogP contribution in [0.2, 0.25) is 0 Å². The number of benzene rings is 1. The number of Topliss-reactive ketones (excluding diaryl/α,β-unsaturated/α-hetero) is 1. The molecule has 0 aliphatic heterocycles. The fourth-order valence-electron chi connectivity index (χ4n) is 2.32. The zero-order chi connectivity index (χ0) is 13.1. The maximum Gasteiger partial charge on any atom is 0.144 e. The summed E-state index contributed by atoms with van der Waals surface area (Å²) in [5, 5.41) is 0. The molecule has 2 rings (SSSR count). The molecule has 0 amide bonds.